The van der Waals surface area contributed by atoms with Crippen LogP contribution in [0.5, 0.6) is 0 Å². The van der Waals surface area contributed by atoms with E-state index < -0.39 is 0 Å². The molecule has 2 rings (SSSR count). The normalized spacial score (nSPS) is 18.8. The highest BCUT2D eigenvalue weighted by molar-refractivity contribution is 6.02. The molecule has 0 saturated carbocycles. The number of aromatic nitrogens is 1. The fourth-order valence-electron chi connectivity index (χ4n) is 1.69. The van der Waals surface area contributed by atoms with E-state index in [1.54, 1.807) is 18.3 Å². The van der Waals surface area contributed by atoms with Gasteiger partial charge in [-0.1, -0.05) is 6.58 Å². The van der Waals surface area contributed by atoms with Gasteiger partial charge in [0.1, 0.15) is 5.76 Å². The summed E-state index contributed by atoms with van der Waals surface area (Å²) in [6.07, 6.45) is 5.16. The summed E-state index contributed by atoms with van der Waals surface area (Å²) in [5, 5.41) is 9.96. The molecule has 0 unspecified atom stereocenters. The smallest absolute Gasteiger partial charge is 0.257 e. The van der Waals surface area contributed by atoms with E-state index in [2.05, 4.69) is 11.6 Å². The van der Waals surface area contributed by atoms with Gasteiger partial charge >= 0.3 is 0 Å². The van der Waals surface area contributed by atoms with Gasteiger partial charge < -0.3 is 10.0 Å². The standard InChI is InChI=1S/C12H12N2O2/c1-2-14-7-5-10(12(14)16)11(15)9-4-3-6-13-8-9/h2-4,6,8,15H,1,5,7H2/b11-10-. The monoisotopic (exact) mass is 216 g/mol. The third-order valence-electron chi connectivity index (χ3n) is 2.56. The first-order valence-corrected chi connectivity index (χ1v) is 5.00. The highest BCUT2D eigenvalue weighted by Gasteiger charge is 2.27. The van der Waals surface area contributed by atoms with Crippen molar-refractivity contribution in [2.24, 2.45) is 0 Å². The van der Waals surface area contributed by atoms with Gasteiger partial charge in [0.2, 0.25) is 0 Å². The van der Waals surface area contributed by atoms with Crippen LogP contribution >= 0.6 is 0 Å². The Kier molecular flexibility index (Phi) is 2.72. The van der Waals surface area contributed by atoms with Crippen LogP contribution in [0.25, 0.3) is 5.76 Å². The van der Waals surface area contributed by atoms with E-state index in [4.69, 9.17) is 0 Å². The summed E-state index contributed by atoms with van der Waals surface area (Å²) in [6.45, 7) is 4.12. The molecular formula is C12H12N2O2. The Labute approximate surface area is 93.5 Å². The molecule has 0 bridgehead atoms. The van der Waals surface area contributed by atoms with Crippen molar-refractivity contribution in [1.29, 1.82) is 0 Å². The van der Waals surface area contributed by atoms with Crippen molar-refractivity contribution in [2.75, 3.05) is 6.54 Å². The van der Waals surface area contributed by atoms with Crippen LogP contribution in [-0.4, -0.2) is 27.4 Å². The van der Waals surface area contributed by atoms with Crippen molar-refractivity contribution in [3.8, 4) is 0 Å². The molecule has 1 aliphatic rings. The molecular weight excluding hydrogens is 204 g/mol. The van der Waals surface area contributed by atoms with Crippen molar-refractivity contribution in [3.63, 3.8) is 0 Å². The van der Waals surface area contributed by atoms with Crippen LogP contribution in [0, 0.1) is 0 Å². The molecule has 1 amide bonds. The zero-order valence-corrected chi connectivity index (χ0v) is 8.76. The lowest BCUT2D eigenvalue weighted by Crippen LogP contribution is -2.18. The van der Waals surface area contributed by atoms with Gasteiger partial charge in [-0.05, 0) is 24.8 Å². The molecule has 1 aliphatic heterocycles. The molecule has 4 heteroatoms. The first-order chi connectivity index (χ1) is 7.74. The summed E-state index contributed by atoms with van der Waals surface area (Å²) in [5.41, 5.74) is 0.990. The summed E-state index contributed by atoms with van der Waals surface area (Å²) >= 11 is 0. The molecule has 1 N–H and O–H groups in total. The number of aliphatic hydroxyl groups excluding tert-OH is 1. The second-order valence-corrected chi connectivity index (χ2v) is 3.50. The number of likely N-dealkylation sites (tertiary alicyclic amines) is 1. The lowest BCUT2D eigenvalue weighted by molar-refractivity contribution is -0.122. The van der Waals surface area contributed by atoms with E-state index >= 15 is 0 Å². The molecule has 82 valence electrons. The van der Waals surface area contributed by atoms with Gasteiger partial charge in [0, 0.05) is 24.5 Å². The quantitative estimate of drug-likeness (QED) is 0.605. The zero-order valence-electron chi connectivity index (χ0n) is 8.76. The van der Waals surface area contributed by atoms with Crippen LogP contribution in [-0.2, 0) is 4.79 Å². The van der Waals surface area contributed by atoms with Gasteiger partial charge in [-0.25, -0.2) is 0 Å². The van der Waals surface area contributed by atoms with Crippen LogP contribution in [0.15, 0.2) is 42.9 Å². The topological polar surface area (TPSA) is 53.4 Å². The summed E-state index contributed by atoms with van der Waals surface area (Å²) in [5.74, 6) is -0.168. The van der Waals surface area contributed by atoms with Crippen molar-refractivity contribution >= 4 is 11.7 Å². The van der Waals surface area contributed by atoms with Crippen molar-refractivity contribution in [1.82, 2.24) is 9.88 Å². The number of hydrogen-bond acceptors (Lipinski definition) is 3. The van der Waals surface area contributed by atoms with Crippen molar-refractivity contribution in [3.05, 3.63) is 48.4 Å². The first kappa shape index (κ1) is 10.4. The molecule has 1 fully saturated rings. The molecule has 16 heavy (non-hydrogen) atoms. The highest BCUT2D eigenvalue weighted by atomic mass is 16.3. The summed E-state index contributed by atoms with van der Waals surface area (Å²) in [7, 11) is 0. The number of amides is 1. The summed E-state index contributed by atoms with van der Waals surface area (Å²) < 4.78 is 0. The Bertz CT molecular complexity index is 451. The number of hydrogen-bond donors (Lipinski definition) is 1. The largest absolute Gasteiger partial charge is 0.507 e. The van der Waals surface area contributed by atoms with E-state index in [0.29, 0.717) is 24.1 Å². The van der Waals surface area contributed by atoms with Crippen molar-refractivity contribution < 1.29 is 9.90 Å². The molecule has 2 heterocycles. The average Bonchev–Trinajstić information content (AvgIpc) is 2.70. The van der Waals surface area contributed by atoms with Crippen LogP contribution < -0.4 is 0 Å². The van der Waals surface area contributed by atoms with Crippen LogP contribution in [0.2, 0.25) is 0 Å². The number of nitrogens with zero attached hydrogens (tertiary/aromatic N) is 2. The van der Waals surface area contributed by atoms with Gasteiger partial charge in [0.15, 0.2) is 0 Å². The minimum Gasteiger partial charge on any atom is -0.507 e. The SMILES string of the molecule is C=CN1CC/C(=C(/O)c2cccnc2)C1=O. The Balaban J connectivity index is 2.37. The lowest BCUT2D eigenvalue weighted by Gasteiger charge is -2.07. The molecule has 0 aromatic carbocycles. The van der Waals surface area contributed by atoms with E-state index in [1.807, 2.05) is 0 Å². The third-order valence-corrected chi connectivity index (χ3v) is 2.56. The molecule has 0 atom stereocenters. The average molecular weight is 216 g/mol. The zero-order chi connectivity index (χ0) is 11.5. The maximum Gasteiger partial charge on any atom is 0.257 e. The second-order valence-electron chi connectivity index (χ2n) is 3.50. The van der Waals surface area contributed by atoms with Crippen molar-refractivity contribution in [2.45, 2.75) is 6.42 Å². The van der Waals surface area contributed by atoms with E-state index in [9.17, 15) is 9.90 Å². The predicted molar refractivity (Wildman–Crippen MR) is 60.3 cm³/mol. The van der Waals surface area contributed by atoms with E-state index in [-0.39, 0.29) is 11.7 Å². The summed E-state index contributed by atoms with van der Waals surface area (Å²) in [4.78, 5) is 17.2. The van der Waals surface area contributed by atoms with Crippen LogP contribution in [0.3, 0.4) is 0 Å². The number of aliphatic hydroxyl groups is 1. The Morgan fingerprint density at radius 2 is 2.44 bits per heavy atom. The van der Waals surface area contributed by atoms with E-state index in [0.717, 1.165) is 0 Å². The summed E-state index contributed by atoms with van der Waals surface area (Å²) in [6, 6.07) is 3.44. The van der Waals surface area contributed by atoms with Gasteiger partial charge in [0.25, 0.3) is 5.91 Å². The molecule has 1 aromatic heterocycles. The number of rotatable bonds is 2. The Morgan fingerprint density at radius 3 is 3.00 bits per heavy atom. The first-order valence-electron chi connectivity index (χ1n) is 5.00. The predicted octanol–water partition coefficient (Wildman–Crippen LogP) is 1.73. The lowest BCUT2D eigenvalue weighted by atomic mass is 10.1. The molecule has 0 radical (unpaired) electrons. The molecule has 0 aliphatic carbocycles. The fourth-order valence-corrected chi connectivity index (χ4v) is 1.69. The molecule has 0 spiro atoms. The highest BCUT2D eigenvalue weighted by Crippen LogP contribution is 2.24. The Morgan fingerprint density at radius 1 is 1.62 bits per heavy atom. The minimum absolute atomic E-state index is 0.0162. The maximum absolute atomic E-state index is 11.8. The second kappa shape index (κ2) is 4.18. The maximum atomic E-state index is 11.8. The number of pyridine rings is 1. The van der Waals surface area contributed by atoms with Gasteiger partial charge in [-0.3, -0.25) is 9.78 Å². The minimum atomic E-state index is -0.184. The van der Waals surface area contributed by atoms with E-state index in [1.165, 1.54) is 17.3 Å². The number of carbonyl (C=O) groups is 1. The van der Waals surface area contributed by atoms with Crippen LogP contribution in [0.4, 0.5) is 0 Å². The molecule has 1 aromatic rings. The number of carbonyl (C=O) groups excluding carboxylic acids is 1. The molecule has 1 saturated heterocycles. The fraction of sp³-hybridized carbons (Fsp3) is 0.167. The Hall–Kier alpha value is -2.10. The van der Waals surface area contributed by atoms with Gasteiger partial charge in [0.05, 0.1) is 5.57 Å². The molecule has 4 nitrogen and oxygen atoms in total. The third kappa shape index (κ3) is 1.69. The van der Waals surface area contributed by atoms with Crippen LogP contribution in [0.1, 0.15) is 12.0 Å². The van der Waals surface area contributed by atoms with Gasteiger partial charge in [-0.15, -0.1) is 0 Å². The van der Waals surface area contributed by atoms with Gasteiger partial charge in [-0.2, -0.15) is 0 Å².